The lowest BCUT2D eigenvalue weighted by atomic mass is 10.1. The first kappa shape index (κ1) is 17.0. The molecule has 6 heteroatoms. The average molecular weight is 363 g/mol. The number of aromatic amines is 1. The summed E-state index contributed by atoms with van der Waals surface area (Å²) in [6.45, 7) is 0.642. The van der Waals surface area contributed by atoms with Crippen molar-refractivity contribution >= 4 is 18.1 Å². The van der Waals surface area contributed by atoms with E-state index >= 15 is 0 Å². The molecule has 0 atom stereocenters. The zero-order chi connectivity index (χ0) is 18.8. The molecule has 1 aliphatic heterocycles. The minimum Gasteiger partial charge on any atom is -0.497 e. The van der Waals surface area contributed by atoms with Gasteiger partial charge in [-0.05, 0) is 42.5 Å². The summed E-state index contributed by atoms with van der Waals surface area (Å²) in [5.74, 6) is 0.0669. The van der Waals surface area contributed by atoms with Gasteiger partial charge >= 0.3 is 0 Å². The number of H-pyrrole nitrogens is 1. The van der Waals surface area contributed by atoms with Crippen molar-refractivity contribution in [1.82, 2.24) is 15.3 Å². The summed E-state index contributed by atoms with van der Waals surface area (Å²) in [6, 6.07) is 10.3. The third-order valence-corrected chi connectivity index (χ3v) is 4.54. The van der Waals surface area contributed by atoms with Gasteiger partial charge in [0.05, 0.1) is 18.4 Å². The molecule has 0 aliphatic carbocycles. The van der Waals surface area contributed by atoms with Crippen LogP contribution in [0.5, 0.6) is 5.75 Å². The molecule has 0 unspecified atom stereocenters. The van der Waals surface area contributed by atoms with E-state index in [-0.39, 0.29) is 11.7 Å². The third kappa shape index (κ3) is 3.46. The molecular weight excluding hydrogens is 345 g/mol. The number of nitrogens with zero attached hydrogens (tertiary/aromatic N) is 1. The molecule has 0 fully saturated rings. The van der Waals surface area contributed by atoms with Crippen LogP contribution in [-0.2, 0) is 6.42 Å². The Hall–Kier alpha value is -3.41. The Labute approximate surface area is 155 Å². The van der Waals surface area contributed by atoms with E-state index in [9.17, 15) is 9.18 Å². The highest BCUT2D eigenvalue weighted by atomic mass is 19.1. The molecule has 0 spiro atoms. The molecule has 0 saturated carbocycles. The van der Waals surface area contributed by atoms with E-state index in [0.717, 1.165) is 23.4 Å². The van der Waals surface area contributed by atoms with Crippen LogP contribution in [-0.4, -0.2) is 29.5 Å². The van der Waals surface area contributed by atoms with Crippen molar-refractivity contribution in [3.63, 3.8) is 0 Å². The van der Waals surface area contributed by atoms with Gasteiger partial charge < -0.3 is 15.0 Å². The summed E-state index contributed by atoms with van der Waals surface area (Å²) in [4.78, 5) is 19.6. The van der Waals surface area contributed by atoms with Crippen molar-refractivity contribution in [2.24, 2.45) is 0 Å². The van der Waals surface area contributed by atoms with Gasteiger partial charge in [0.25, 0.3) is 5.91 Å². The summed E-state index contributed by atoms with van der Waals surface area (Å²) in [5, 5.41) is 2.84. The Morgan fingerprint density at radius 2 is 2.07 bits per heavy atom. The number of methoxy groups -OCH3 is 1. The molecule has 3 aromatic rings. The van der Waals surface area contributed by atoms with E-state index in [4.69, 9.17) is 4.74 Å². The van der Waals surface area contributed by atoms with Crippen molar-refractivity contribution in [2.45, 2.75) is 6.42 Å². The Balaban J connectivity index is 1.61. The molecule has 1 aliphatic rings. The van der Waals surface area contributed by atoms with Gasteiger partial charge in [0.1, 0.15) is 11.6 Å². The highest BCUT2D eigenvalue weighted by Crippen LogP contribution is 2.25. The van der Waals surface area contributed by atoms with E-state index in [0.29, 0.717) is 29.1 Å². The first-order valence-electron chi connectivity index (χ1n) is 8.62. The summed E-state index contributed by atoms with van der Waals surface area (Å²) in [6.07, 6.45) is 5.91. The van der Waals surface area contributed by atoms with Gasteiger partial charge in [-0.1, -0.05) is 0 Å². The Morgan fingerprint density at radius 1 is 1.19 bits per heavy atom. The molecule has 1 amide bonds. The first-order valence-corrected chi connectivity index (χ1v) is 8.62. The summed E-state index contributed by atoms with van der Waals surface area (Å²) >= 11 is 0. The van der Waals surface area contributed by atoms with Gasteiger partial charge in [-0.3, -0.25) is 9.78 Å². The number of benzene rings is 1. The molecule has 4 rings (SSSR count). The number of aromatic nitrogens is 2. The van der Waals surface area contributed by atoms with Crippen molar-refractivity contribution in [3.05, 3.63) is 70.9 Å². The van der Waals surface area contributed by atoms with Crippen molar-refractivity contribution in [1.29, 1.82) is 0 Å². The number of ether oxygens (including phenoxy) is 1. The molecule has 3 heterocycles. The molecule has 2 N–H and O–H groups in total. The predicted molar refractivity (Wildman–Crippen MR) is 102 cm³/mol. The number of pyridine rings is 1. The number of rotatable bonds is 4. The Bertz CT molecular complexity index is 1040. The molecule has 0 radical (unpaired) electrons. The fraction of sp³-hybridized carbons (Fsp3) is 0.143. The van der Waals surface area contributed by atoms with Crippen LogP contribution in [0.4, 0.5) is 4.39 Å². The monoisotopic (exact) mass is 363 g/mol. The molecule has 136 valence electrons. The number of carbonyl (C=O) groups excluding carboxylic acids is 1. The summed E-state index contributed by atoms with van der Waals surface area (Å²) < 4.78 is 19.1. The fourth-order valence-corrected chi connectivity index (χ4v) is 3.10. The largest absolute Gasteiger partial charge is 0.497 e. The maximum atomic E-state index is 14.1. The summed E-state index contributed by atoms with van der Waals surface area (Å²) in [7, 11) is 1.50. The SMILES string of the molecule is COc1ccc(C=Cc2cc(-c3cc4c([nH]3)CCNC4=O)ccn2)c(F)c1. The number of fused-ring (bicyclic) bond motifs is 1. The van der Waals surface area contributed by atoms with Crippen LogP contribution < -0.4 is 10.1 Å². The molecule has 27 heavy (non-hydrogen) atoms. The van der Waals surface area contributed by atoms with E-state index in [1.165, 1.54) is 13.2 Å². The minimum atomic E-state index is -0.357. The van der Waals surface area contributed by atoms with E-state index in [1.54, 1.807) is 30.5 Å². The molecule has 1 aromatic carbocycles. The van der Waals surface area contributed by atoms with Gasteiger partial charge in [-0.25, -0.2) is 4.39 Å². The van der Waals surface area contributed by atoms with Crippen LogP contribution in [0.3, 0.4) is 0 Å². The van der Waals surface area contributed by atoms with Gasteiger partial charge in [0.2, 0.25) is 0 Å². The molecular formula is C21H18FN3O2. The van der Waals surface area contributed by atoms with Crippen LogP contribution in [0.25, 0.3) is 23.4 Å². The normalized spacial score (nSPS) is 13.5. The van der Waals surface area contributed by atoms with E-state index < -0.39 is 0 Å². The lowest BCUT2D eigenvalue weighted by molar-refractivity contribution is 0.0946. The standard InChI is InChI=1S/C21H18FN3O2/c1-27-16-5-3-13(18(22)11-16)2-4-15-10-14(6-8-23-15)20-12-17-19(25-20)7-9-24-21(17)26/h2-6,8,10-12,25H,7,9H2,1H3,(H,24,26). The average Bonchev–Trinajstić information content (AvgIpc) is 3.13. The topological polar surface area (TPSA) is 67.0 Å². The van der Waals surface area contributed by atoms with Crippen molar-refractivity contribution in [3.8, 4) is 17.0 Å². The van der Waals surface area contributed by atoms with Crippen LogP contribution in [0.15, 0.2) is 42.6 Å². The second kappa shape index (κ2) is 7.07. The van der Waals surface area contributed by atoms with Gasteiger partial charge in [-0.15, -0.1) is 0 Å². The fourth-order valence-electron chi connectivity index (χ4n) is 3.10. The second-order valence-electron chi connectivity index (χ2n) is 6.27. The second-order valence-corrected chi connectivity index (χ2v) is 6.27. The maximum Gasteiger partial charge on any atom is 0.253 e. The van der Waals surface area contributed by atoms with Crippen molar-refractivity contribution in [2.75, 3.05) is 13.7 Å². The molecule has 5 nitrogen and oxygen atoms in total. The van der Waals surface area contributed by atoms with Crippen molar-refractivity contribution < 1.29 is 13.9 Å². The molecule has 0 saturated heterocycles. The van der Waals surface area contributed by atoms with Gasteiger partial charge in [0.15, 0.2) is 0 Å². The van der Waals surface area contributed by atoms with Gasteiger partial charge in [0, 0.05) is 47.7 Å². The Morgan fingerprint density at radius 3 is 2.85 bits per heavy atom. The highest BCUT2D eigenvalue weighted by molar-refractivity contribution is 5.97. The third-order valence-electron chi connectivity index (χ3n) is 4.54. The van der Waals surface area contributed by atoms with Crippen LogP contribution in [0, 0.1) is 5.82 Å². The first-order chi connectivity index (χ1) is 13.1. The van der Waals surface area contributed by atoms with Gasteiger partial charge in [-0.2, -0.15) is 0 Å². The lowest BCUT2D eigenvalue weighted by Gasteiger charge is -2.10. The maximum absolute atomic E-state index is 14.1. The van der Waals surface area contributed by atoms with Crippen LogP contribution in [0.2, 0.25) is 0 Å². The number of carbonyl (C=O) groups is 1. The van der Waals surface area contributed by atoms with E-state index in [1.807, 2.05) is 18.2 Å². The number of hydrogen-bond donors (Lipinski definition) is 2. The summed E-state index contributed by atoms with van der Waals surface area (Å²) in [5.41, 5.74) is 4.56. The smallest absolute Gasteiger partial charge is 0.253 e. The molecule has 2 aromatic heterocycles. The lowest BCUT2D eigenvalue weighted by Crippen LogP contribution is -2.31. The van der Waals surface area contributed by atoms with E-state index in [2.05, 4.69) is 15.3 Å². The highest BCUT2D eigenvalue weighted by Gasteiger charge is 2.19. The quantitative estimate of drug-likeness (QED) is 0.743. The predicted octanol–water partition coefficient (Wildman–Crippen LogP) is 3.68. The number of hydrogen-bond acceptors (Lipinski definition) is 3. The Kier molecular flexibility index (Phi) is 4.46. The van der Waals surface area contributed by atoms with Crippen LogP contribution >= 0.6 is 0 Å². The molecule has 0 bridgehead atoms. The number of halogens is 1. The minimum absolute atomic E-state index is 0.0529. The zero-order valence-electron chi connectivity index (χ0n) is 14.8. The number of amides is 1. The number of nitrogens with one attached hydrogen (secondary N) is 2. The zero-order valence-corrected chi connectivity index (χ0v) is 14.8. The van der Waals surface area contributed by atoms with Crippen LogP contribution in [0.1, 0.15) is 27.3 Å².